The summed E-state index contributed by atoms with van der Waals surface area (Å²) in [4.78, 5) is 25.7. The Hall–Kier alpha value is -3.00. The number of nitrogens with zero attached hydrogens (tertiary/aromatic N) is 4. The quantitative estimate of drug-likeness (QED) is 0.689. The molecule has 5 rings (SSSR count). The molecule has 2 aliphatic rings. The molecular formula is C21H23N5O3. The Balaban J connectivity index is 1.49. The molecular weight excluding hydrogens is 370 g/mol. The molecule has 1 amide bonds. The van der Waals surface area contributed by atoms with Gasteiger partial charge in [0, 0.05) is 24.5 Å². The molecule has 2 fully saturated rings. The lowest BCUT2D eigenvalue weighted by Crippen LogP contribution is -2.38. The highest BCUT2D eigenvalue weighted by molar-refractivity contribution is 5.83. The van der Waals surface area contributed by atoms with E-state index in [4.69, 9.17) is 4.74 Å². The minimum Gasteiger partial charge on any atom is -0.376 e. The molecule has 0 radical (unpaired) electrons. The van der Waals surface area contributed by atoms with Gasteiger partial charge < -0.3 is 10.1 Å². The minimum atomic E-state index is -0.307. The number of rotatable bonds is 6. The van der Waals surface area contributed by atoms with Crippen molar-refractivity contribution in [1.82, 2.24) is 24.9 Å². The van der Waals surface area contributed by atoms with Crippen LogP contribution in [0.5, 0.6) is 0 Å². The molecule has 1 saturated carbocycles. The van der Waals surface area contributed by atoms with Gasteiger partial charge in [-0.05, 0) is 37.8 Å². The van der Waals surface area contributed by atoms with Crippen LogP contribution in [0.3, 0.4) is 0 Å². The third-order valence-corrected chi connectivity index (χ3v) is 5.52. The van der Waals surface area contributed by atoms with Gasteiger partial charge in [-0.2, -0.15) is 10.2 Å². The highest BCUT2D eigenvalue weighted by Gasteiger charge is 2.30. The van der Waals surface area contributed by atoms with Crippen molar-refractivity contribution in [3.8, 4) is 5.69 Å². The van der Waals surface area contributed by atoms with Crippen molar-refractivity contribution < 1.29 is 9.53 Å². The summed E-state index contributed by atoms with van der Waals surface area (Å²) >= 11 is 0. The third kappa shape index (κ3) is 3.55. The van der Waals surface area contributed by atoms with Gasteiger partial charge in [0.2, 0.25) is 5.91 Å². The molecule has 150 valence electrons. The monoisotopic (exact) mass is 393 g/mol. The first-order valence-electron chi connectivity index (χ1n) is 10.1. The van der Waals surface area contributed by atoms with Crippen LogP contribution >= 0.6 is 0 Å². The molecule has 2 aromatic heterocycles. The number of fused-ring (bicyclic) bond motifs is 1. The number of carbonyl (C=O) groups is 1. The standard InChI is InChI=1S/C21H23N5O3/c27-18(22-11-16-7-4-10-29-16)13-25-21(28)20-17(19(24-25)14-8-9-14)12-23-26(20)15-5-2-1-3-6-15/h1-3,5-6,12,14,16H,4,7-11,13H2,(H,22,27). The van der Waals surface area contributed by atoms with Crippen LogP contribution in [0.4, 0.5) is 0 Å². The van der Waals surface area contributed by atoms with E-state index in [9.17, 15) is 9.59 Å². The number of nitrogens with one attached hydrogen (secondary N) is 1. The van der Waals surface area contributed by atoms with E-state index in [1.54, 1.807) is 10.9 Å². The SMILES string of the molecule is O=C(Cn1nc(C2CC2)c2cnn(-c3ccccc3)c2c1=O)NCC1CCCO1. The Kier molecular flexibility index (Phi) is 4.63. The van der Waals surface area contributed by atoms with Crippen molar-refractivity contribution in [2.45, 2.75) is 44.2 Å². The average molecular weight is 393 g/mol. The van der Waals surface area contributed by atoms with E-state index >= 15 is 0 Å². The van der Waals surface area contributed by atoms with Gasteiger partial charge >= 0.3 is 0 Å². The number of amides is 1. The van der Waals surface area contributed by atoms with Crippen molar-refractivity contribution in [1.29, 1.82) is 0 Å². The number of ether oxygens (including phenoxy) is 1. The normalized spacial score (nSPS) is 19.0. The highest BCUT2D eigenvalue weighted by atomic mass is 16.5. The fraction of sp³-hybridized carbons (Fsp3) is 0.429. The number of carbonyl (C=O) groups excluding carboxylic acids is 1. The zero-order valence-electron chi connectivity index (χ0n) is 16.1. The van der Waals surface area contributed by atoms with Gasteiger partial charge in [-0.15, -0.1) is 0 Å². The molecule has 1 aromatic carbocycles. The van der Waals surface area contributed by atoms with Crippen LogP contribution < -0.4 is 10.9 Å². The molecule has 0 bridgehead atoms. The zero-order valence-corrected chi connectivity index (χ0v) is 16.1. The van der Waals surface area contributed by atoms with Crippen molar-refractivity contribution >= 4 is 16.8 Å². The molecule has 1 aliphatic heterocycles. The van der Waals surface area contributed by atoms with Crippen LogP contribution in [0, 0.1) is 0 Å². The van der Waals surface area contributed by atoms with E-state index in [-0.39, 0.29) is 24.1 Å². The lowest BCUT2D eigenvalue weighted by atomic mass is 10.2. The van der Waals surface area contributed by atoms with Crippen LogP contribution in [-0.2, 0) is 16.1 Å². The molecule has 1 saturated heterocycles. The smallest absolute Gasteiger partial charge is 0.293 e. The Morgan fingerprint density at radius 1 is 1.21 bits per heavy atom. The summed E-state index contributed by atoms with van der Waals surface area (Å²) in [5.41, 5.74) is 1.83. The Morgan fingerprint density at radius 3 is 2.76 bits per heavy atom. The number of hydrogen-bond donors (Lipinski definition) is 1. The van der Waals surface area contributed by atoms with Gasteiger partial charge in [-0.1, -0.05) is 18.2 Å². The average Bonchev–Trinajstić information content (AvgIpc) is 3.26. The first-order chi connectivity index (χ1) is 14.2. The van der Waals surface area contributed by atoms with E-state index in [1.807, 2.05) is 30.3 Å². The van der Waals surface area contributed by atoms with E-state index in [0.29, 0.717) is 18.0 Å². The fourth-order valence-corrected chi connectivity index (χ4v) is 3.85. The zero-order chi connectivity index (χ0) is 19.8. The molecule has 29 heavy (non-hydrogen) atoms. The summed E-state index contributed by atoms with van der Waals surface area (Å²) < 4.78 is 8.46. The second kappa shape index (κ2) is 7.44. The Morgan fingerprint density at radius 2 is 2.03 bits per heavy atom. The van der Waals surface area contributed by atoms with Gasteiger partial charge in [0.15, 0.2) is 0 Å². The molecule has 3 heterocycles. The van der Waals surface area contributed by atoms with Crippen molar-refractivity contribution in [3.63, 3.8) is 0 Å². The first kappa shape index (κ1) is 18.1. The van der Waals surface area contributed by atoms with E-state index in [1.165, 1.54) is 4.68 Å². The largest absolute Gasteiger partial charge is 0.376 e. The second-order valence-electron chi connectivity index (χ2n) is 7.72. The van der Waals surface area contributed by atoms with Crippen LogP contribution in [0.25, 0.3) is 16.6 Å². The molecule has 0 spiro atoms. The molecule has 3 aromatic rings. The second-order valence-corrected chi connectivity index (χ2v) is 7.72. The molecule has 1 unspecified atom stereocenters. The predicted octanol–water partition coefficient (Wildman–Crippen LogP) is 1.75. The Bertz CT molecular complexity index is 1090. The number of benzene rings is 1. The van der Waals surface area contributed by atoms with Gasteiger partial charge in [-0.25, -0.2) is 9.36 Å². The maximum absolute atomic E-state index is 13.2. The maximum Gasteiger partial charge on any atom is 0.293 e. The summed E-state index contributed by atoms with van der Waals surface area (Å²) in [7, 11) is 0. The summed E-state index contributed by atoms with van der Waals surface area (Å²) in [5, 5.41) is 12.6. The number of hydrogen-bond acceptors (Lipinski definition) is 5. The summed E-state index contributed by atoms with van der Waals surface area (Å²) in [6.45, 7) is 1.10. The first-order valence-corrected chi connectivity index (χ1v) is 10.1. The molecule has 1 atom stereocenters. The van der Waals surface area contributed by atoms with Gasteiger partial charge in [-0.3, -0.25) is 9.59 Å². The lowest BCUT2D eigenvalue weighted by Gasteiger charge is -2.12. The number of aromatic nitrogens is 4. The molecule has 1 N–H and O–H groups in total. The van der Waals surface area contributed by atoms with Gasteiger partial charge in [0.25, 0.3) is 5.56 Å². The minimum absolute atomic E-state index is 0.0626. The highest BCUT2D eigenvalue weighted by Crippen LogP contribution is 2.41. The number of para-hydroxylation sites is 1. The van der Waals surface area contributed by atoms with Gasteiger partial charge in [0.1, 0.15) is 12.1 Å². The maximum atomic E-state index is 13.2. The topological polar surface area (TPSA) is 91.0 Å². The van der Waals surface area contributed by atoms with Crippen LogP contribution in [0.15, 0.2) is 41.3 Å². The van der Waals surface area contributed by atoms with E-state index in [2.05, 4.69) is 15.5 Å². The third-order valence-electron chi connectivity index (χ3n) is 5.52. The molecule has 1 aliphatic carbocycles. The molecule has 8 heteroatoms. The summed E-state index contributed by atoms with van der Waals surface area (Å²) in [6, 6.07) is 9.54. The van der Waals surface area contributed by atoms with Crippen molar-refractivity contribution in [2.24, 2.45) is 0 Å². The Labute approximate surface area is 167 Å². The van der Waals surface area contributed by atoms with Crippen LogP contribution in [0.1, 0.15) is 37.3 Å². The summed E-state index contributed by atoms with van der Waals surface area (Å²) in [5.74, 6) is 0.0923. The van der Waals surface area contributed by atoms with Gasteiger partial charge in [0.05, 0.1) is 23.7 Å². The predicted molar refractivity (Wildman–Crippen MR) is 107 cm³/mol. The van der Waals surface area contributed by atoms with Crippen LogP contribution in [0.2, 0.25) is 0 Å². The lowest BCUT2D eigenvalue weighted by molar-refractivity contribution is -0.122. The van der Waals surface area contributed by atoms with E-state index < -0.39 is 0 Å². The van der Waals surface area contributed by atoms with Crippen molar-refractivity contribution in [2.75, 3.05) is 13.2 Å². The fourth-order valence-electron chi connectivity index (χ4n) is 3.85. The van der Waals surface area contributed by atoms with Crippen molar-refractivity contribution in [3.05, 3.63) is 52.6 Å². The van der Waals surface area contributed by atoms with Crippen LogP contribution in [-0.4, -0.2) is 44.7 Å². The van der Waals surface area contributed by atoms with E-state index in [0.717, 1.165) is 49.1 Å². The summed E-state index contributed by atoms with van der Waals surface area (Å²) in [6.07, 6.45) is 5.84. The molecule has 8 nitrogen and oxygen atoms in total.